The van der Waals surface area contributed by atoms with E-state index in [1.54, 1.807) is 12.1 Å². The van der Waals surface area contributed by atoms with E-state index in [4.69, 9.17) is 4.74 Å². The molecule has 0 aliphatic rings. The molecule has 1 aromatic heterocycles. The van der Waals surface area contributed by atoms with Gasteiger partial charge in [-0.15, -0.1) is 0 Å². The van der Waals surface area contributed by atoms with Gasteiger partial charge in [0.15, 0.2) is 0 Å². The maximum absolute atomic E-state index is 13.8. The number of aromatic nitrogens is 1. The van der Waals surface area contributed by atoms with Crippen LogP contribution in [0.2, 0.25) is 0 Å². The Bertz CT molecular complexity index is 1060. The zero-order valence-electron chi connectivity index (χ0n) is 15.6. The van der Waals surface area contributed by atoms with Gasteiger partial charge in [-0.3, -0.25) is 0 Å². The molecule has 4 rings (SSSR count). The molecule has 0 fully saturated rings. The molecular formula is C24H23FN2O. The van der Waals surface area contributed by atoms with E-state index in [1.807, 2.05) is 36.4 Å². The molecule has 0 aliphatic heterocycles. The Kier molecular flexibility index (Phi) is 5.69. The van der Waals surface area contributed by atoms with Crippen LogP contribution in [0.4, 0.5) is 4.39 Å². The predicted molar refractivity (Wildman–Crippen MR) is 111 cm³/mol. The first kappa shape index (κ1) is 18.3. The van der Waals surface area contributed by atoms with Crippen molar-refractivity contribution in [1.82, 2.24) is 10.3 Å². The van der Waals surface area contributed by atoms with Crippen LogP contribution in [0.1, 0.15) is 16.7 Å². The fraction of sp³-hybridized carbons (Fsp3) is 0.167. The molecule has 0 unspecified atom stereocenters. The van der Waals surface area contributed by atoms with Gasteiger partial charge in [-0.25, -0.2) is 4.39 Å². The summed E-state index contributed by atoms with van der Waals surface area (Å²) in [6.07, 6.45) is 3.03. The minimum Gasteiger partial charge on any atom is -0.488 e. The highest BCUT2D eigenvalue weighted by atomic mass is 19.1. The van der Waals surface area contributed by atoms with Crippen LogP contribution in [0.25, 0.3) is 10.9 Å². The highest BCUT2D eigenvalue weighted by Gasteiger charge is 2.07. The van der Waals surface area contributed by atoms with Crippen molar-refractivity contribution in [3.63, 3.8) is 0 Å². The summed E-state index contributed by atoms with van der Waals surface area (Å²) < 4.78 is 19.7. The lowest BCUT2D eigenvalue weighted by atomic mass is 10.1. The van der Waals surface area contributed by atoms with E-state index in [9.17, 15) is 4.39 Å². The van der Waals surface area contributed by atoms with Crippen molar-refractivity contribution in [1.29, 1.82) is 0 Å². The number of H-pyrrole nitrogens is 1. The number of rotatable bonds is 8. The fourth-order valence-corrected chi connectivity index (χ4v) is 3.35. The molecule has 0 atom stereocenters. The smallest absolute Gasteiger partial charge is 0.129 e. The second-order valence-electron chi connectivity index (χ2n) is 6.77. The molecule has 2 N–H and O–H groups in total. The van der Waals surface area contributed by atoms with Gasteiger partial charge in [0.2, 0.25) is 0 Å². The van der Waals surface area contributed by atoms with Gasteiger partial charge in [0, 0.05) is 34.8 Å². The summed E-state index contributed by atoms with van der Waals surface area (Å²) in [5.74, 6) is 0.544. The summed E-state index contributed by atoms with van der Waals surface area (Å²) in [5, 5.41) is 4.76. The number of ether oxygens (including phenoxy) is 1. The lowest BCUT2D eigenvalue weighted by Crippen LogP contribution is -2.17. The van der Waals surface area contributed by atoms with Gasteiger partial charge in [-0.05, 0) is 36.7 Å². The van der Waals surface area contributed by atoms with Crippen LogP contribution in [0.15, 0.2) is 79.0 Å². The molecule has 0 spiro atoms. The third-order valence-electron chi connectivity index (χ3n) is 4.88. The average molecular weight is 374 g/mol. The molecule has 4 heteroatoms. The van der Waals surface area contributed by atoms with Crippen molar-refractivity contribution in [2.75, 3.05) is 6.54 Å². The number of benzene rings is 3. The molecular weight excluding hydrogens is 351 g/mol. The Balaban J connectivity index is 1.33. The van der Waals surface area contributed by atoms with Crippen molar-refractivity contribution >= 4 is 10.9 Å². The Labute approximate surface area is 164 Å². The summed E-state index contributed by atoms with van der Waals surface area (Å²) in [5.41, 5.74) is 4.11. The van der Waals surface area contributed by atoms with E-state index in [0.717, 1.165) is 24.3 Å². The first-order chi connectivity index (χ1) is 13.8. The largest absolute Gasteiger partial charge is 0.488 e. The van der Waals surface area contributed by atoms with E-state index in [0.29, 0.717) is 12.1 Å². The number of fused-ring (bicyclic) bond motifs is 1. The number of nitrogens with one attached hydrogen (secondary N) is 2. The third kappa shape index (κ3) is 4.24. The first-order valence-electron chi connectivity index (χ1n) is 9.51. The van der Waals surface area contributed by atoms with Gasteiger partial charge in [0.25, 0.3) is 0 Å². The minimum atomic E-state index is -0.239. The average Bonchev–Trinajstić information content (AvgIpc) is 3.14. The number of aromatic amines is 1. The van der Waals surface area contributed by atoms with Gasteiger partial charge in [-0.1, -0.05) is 54.6 Å². The molecule has 0 saturated carbocycles. The topological polar surface area (TPSA) is 37.0 Å². The maximum Gasteiger partial charge on any atom is 0.129 e. The normalized spacial score (nSPS) is 11.0. The molecule has 28 heavy (non-hydrogen) atoms. The second-order valence-corrected chi connectivity index (χ2v) is 6.77. The number of para-hydroxylation sites is 2. The second kappa shape index (κ2) is 8.72. The summed E-state index contributed by atoms with van der Waals surface area (Å²) in [4.78, 5) is 3.31. The Hall–Kier alpha value is -3.11. The van der Waals surface area contributed by atoms with Gasteiger partial charge < -0.3 is 15.0 Å². The quantitative estimate of drug-likeness (QED) is 0.415. The van der Waals surface area contributed by atoms with E-state index in [-0.39, 0.29) is 12.4 Å². The molecule has 0 radical (unpaired) electrons. The van der Waals surface area contributed by atoms with Gasteiger partial charge in [0.05, 0.1) is 0 Å². The monoisotopic (exact) mass is 374 g/mol. The van der Waals surface area contributed by atoms with Gasteiger partial charge >= 0.3 is 0 Å². The Morgan fingerprint density at radius 1 is 0.821 bits per heavy atom. The predicted octanol–water partition coefficient (Wildman–Crippen LogP) is 5.22. The standard InChI is InChI=1S/C24H23FN2O/c25-22-10-4-1-8-20(22)17-28-24-12-6-2-7-19(24)15-26-14-13-18-16-27-23-11-5-3-9-21(18)23/h1-12,16,26-27H,13-15,17H2. The Morgan fingerprint density at radius 3 is 2.46 bits per heavy atom. The minimum absolute atomic E-state index is 0.221. The molecule has 0 saturated heterocycles. The Morgan fingerprint density at radius 2 is 1.57 bits per heavy atom. The third-order valence-corrected chi connectivity index (χ3v) is 4.88. The van der Waals surface area contributed by atoms with Crippen LogP contribution in [0.5, 0.6) is 5.75 Å². The molecule has 3 nitrogen and oxygen atoms in total. The number of hydrogen-bond acceptors (Lipinski definition) is 2. The summed E-state index contributed by atoms with van der Waals surface area (Å²) in [7, 11) is 0. The van der Waals surface area contributed by atoms with Crippen LogP contribution < -0.4 is 10.1 Å². The summed E-state index contributed by atoms with van der Waals surface area (Å²) >= 11 is 0. The van der Waals surface area contributed by atoms with Crippen LogP contribution in [0, 0.1) is 5.82 Å². The van der Waals surface area contributed by atoms with Crippen LogP contribution >= 0.6 is 0 Å². The molecule has 142 valence electrons. The fourth-order valence-electron chi connectivity index (χ4n) is 3.35. The lowest BCUT2D eigenvalue weighted by molar-refractivity contribution is 0.296. The lowest BCUT2D eigenvalue weighted by Gasteiger charge is -2.12. The number of hydrogen-bond donors (Lipinski definition) is 2. The van der Waals surface area contributed by atoms with Gasteiger partial charge in [0.1, 0.15) is 18.2 Å². The molecule has 0 amide bonds. The molecule has 0 aliphatic carbocycles. The van der Waals surface area contributed by atoms with Crippen LogP contribution in [-0.2, 0) is 19.6 Å². The molecule has 4 aromatic rings. The van der Waals surface area contributed by atoms with Crippen LogP contribution in [0.3, 0.4) is 0 Å². The van der Waals surface area contributed by atoms with Crippen molar-refractivity contribution in [2.45, 2.75) is 19.6 Å². The zero-order chi connectivity index (χ0) is 19.2. The van der Waals surface area contributed by atoms with Gasteiger partial charge in [-0.2, -0.15) is 0 Å². The summed E-state index contributed by atoms with van der Waals surface area (Å²) in [6.45, 7) is 1.79. The van der Waals surface area contributed by atoms with Crippen molar-refractivity contribution in [3.8, 4) is 5.75 Å². The van der Waals surface area contributed by atoms with E-state index < -0.39 is 0 Å². The van der Waals surface area contributed by atoms with Crippen molar-refractivity contribution in [2.24, 2.45) is 0 Å². The SMILES string of the molecule is Fc1ccccc1COc1ccccc1CNCCc1c[nH]c2ccccc12. The van der Waals surface area contributed by atoms with Crippen molar-refractivity contribution < 1.29 is 9.13 Å². The summed E-state index contributed by atoms with van der Waals surface area (Å²) in [6, 6.07) is 22.9. The molecule has 0 bridgehead atoms. The number of halogens is 1. The van der Waals surface area contributed by atoms with E-state index in [2.05, 4.69) is 34.7 Å². The molecule has 3 aromatic carbocycles. The molecule has 1 heterocycles. The zero-order valence-corrected chi connectivity index (χ0v) is 15.6. The van der Waals surface area contributed by atoms with E-state index >= 15 is 0 Å². The highest BCUT2D eigenvalue weighted by molar-refractivity contribution is 5.83. The first-order valence-corrected chi connectivity index (χ1v) is 9.51. The maximum atomic E-state index is 13.8. The highest BCUT2D eigenvalue weighted by Crippen LogP contribution is 2.21. The van der Waals surface area contributed by atoms with Crippen LogP contribution in [-0.4, -0.2) is 11.5 Å². The van der Waals surface area contributed by atoms with E-state index in [1.165, 1.54) is 22.5 Å². The van der Waals surface area contributed by atoms with Crippen molar-refractivity contribution in [3.05, 3.63) is 102 Å².